The highest BCUT2D eigenvalue weighted by Gasteiger charge is 2.39. The maximum Gasteiger partial charge on any atom is 0.269 e. The number of benzene rings is 3. The first-order valence-corrected chi connectivity index (χ1v) is 11.2. The zero-order valence-corrected chi connectivity index (χ0v) is 19.4. The average Bonchev–Trinajstić information content (AvgIpc) is 3.38. The van der Waals surface area contributed by atoms with Crippen LogP contribution >= 0.6 is 11.6 Å². The molecule has 0 N–H and O–H groups in total. The molecule has 0 fully saturated rings. The summed E-state index contributed by atoms with van der Waals surface area (Å²) in [5, 5.41) is 16.1. The summed E-state index contributed by atoms with van der Waals surface area (Å²) in [6.45, 7) is 0. The second-order valence-electron chi connectivity index (χ2n) is 8.08. The third-order valence-corrected chi connectivity index (χ3v) is 6.37. The number of halogens is 1. The summed E-state index contributed by atoms with van der Waals surface area (Å²) in [7, 11) is 1.61. The Balaban J connectivity index is 1.60. The van der Waals surface area contributed by atoms with Crippen LogP contribution in [0.1, 0.15) is 40.0 Å². The molecule has 5 rings (SSSR count). The van der Waals surface area contributed by atoms with Gasteiger partial charge in [-0.3, -0.25) is 19.8 Å². The summed E-state index contributed by atoms with van der Waals surface area (Å²) in [6, 6.07) is 20.1. The minimum Gasteiger partial charge on any atom is -0.497 e. The summed E-state index contributed by atoms with van der Waals surface area (Å²) in [5.41, 5.74) is 2.11. The number of hydrogen-bond donors (Lipinski definition) is 0. The summed E-state index contributed by atoms with van der Waals surface area (Å²) in [5.74, 6) is 0.801. The van der Waals surface area contributed by atoms with Gasteiger partial charge in [0.1, 0.15) is 12.1 Å². The van der Waals surface area contributed by atoms with Crippen molar-refractivity contribution in [2.45, 2.75) is 18.5 Å². The van der Waals surface area contributed by atoms with Gasteiger partial charge in [0, 0.05) is 22.7 Å². The molecule has 1 amide bonds. The maximum atomic E-state index is 13.8. The van der Waals surface area contributed by atoms with Gasteiger partial charge in [0.15, 0.2) is 0 Å². The first-order valence-electron chi connectivity index (χ1n) is 10.8. The largest absolute Gasteiger partial charge is 0.497 e. The number of aromatic nitrogens is 3. The maximum absolute atomic E-state index is 13.8. The quantitative estimate of drug-likeness (QED) is 0.281. The number of rotatable bonds is 5. The van der Waals surface area contributed by atoms with Gasteiger partial charge in [-0.25, -0.2) is 4.68 Å². The molecular formula is C25H20ClN5O4. The number of hydrogen-bond acceptors (Lipinski definition) is 6. The van der Waals surface area contributed by atoms with Gasteiger partial charge in [-0.2, -0.15) is 10.1 Å². The van der Waals surface area contributed by atoms with Gasteiger partial charge in [-0.1, -0.05) is 35.9 Å². The smallest absolute Gasteiger partial charge is 0.269 e. The zero-order chi connectivity index (χ0) is 24.5. The first-order chi connectivity index (χ1) is 17.0. The van der Waals surface area contributed by atoms with E-state index in [9.17, 15) is 14.9 Å². The molecule has 10 heteroatoms. The van der Waals surface area contributed by atoms with E-state index >= 15 is 0 Å². The molecule has 1 aromatic heterocycles. The highest BCUT2D eigenvalue weighted by Crippen LogP contribution is 2.43. The van der Waals surface area contributed by atoms with Crippen molar-refractivity contribution in [3.05, 3.63) is 111 Å². The van der Waals surface area contributed by atoms with Crippen molar-refractivity contribution in [3.63, 3.8) is 0 Å². The highest BCUT2D eigenvalue weighted by molar-refractivity contribution is 6.30. The van der Waals surface area contributed by atoms with Crippen LogP contribution in [0.25, 0.3) is 0 Å². The van der Waals surface area contributed by atoms with Crippen LogP contribution in [0.3, 0.4) is 0 Å². The molecular weight excluding hydrogens is 470 g/mol. The van der Waals surface area contributed by atoms with Gasteiger partial charge in [0.25, 0.3) is 11.6 Å². The van der Waals surface area contributed by atoms with E-state index in [1.54, 1.807) is 28.8 Å². The molecule has 0 saturated carbocycles. The fourth-order valence-corrected chi connectivity index (χ4v) is 4.49. The zero-order valence-electron chi connectivity index (χ0n) is 18.6. The molecule has 9 nitrogen and oxygen atoms in total. The molecule has 3 aromatic carbocycles. The van der Waals surface area contributed by atoms with Gasteiger partial charge in [-0.15, -0.1) is 0 Å². The first kappa shape index (κ1) is 22.5. The number of non-ortho nitro benzene ring substituents is 1. The Morgan fingerprint density at radius 2 is 1.63 bits per heavy atom. The number of carbonyl (C=O) groups excluding carboxylic acids is 1. The van der Waals surface area contributed by atoms with Crippen LogP contribution in [0.2, 0.25) is 5.02 Å². The minimum absolute atomic E-state index is 0.0859. The van der Waals surface area contributed by atoms with E-state index in [4.69, 9.17) is 16.3 Å². The molecule has 0 radical (unpaired) electrons. The average molecular weight is 490 g/mol. The van der Waals surface area contributed by atoms with Crippen LogP contribution in [-0.4, -0.2) is 32.7 Å². The molecule has 0 saturated heterocycles. The van der Waals surface area contributed by atoms with Crippen LogP contribution in [0, 0.1) is 10.1 Å². The fraction of sp³-hybridized carbons (Fsp3) is 0.160. The lowest BCUT2D eigenvalue weighted by Crippen LogP contribution is -2.42. The third kappa shape index (κ3) is 4.22. The van der Waals surface area contributed by atoms with E-state index in [-0.39, 0.29) is 23.7 Å². The van der Waals surface area contributed by atoms with Crippen LogP contribution < -0.4 is 9.64 Å². The third-order valence-electron chi connectivity index (χ3n) is 6.12. The Morgan fingerprint density at radius 1 is 1.00 bits per heavy atom. The van der Waals surface area contributed by atoms with Crippen molar-refractivity contribution in [1.29, 1.82) is 0 Å². The summed E-state index contributed by atoms with van der Waals surface area (Å²) in [6.07, 6.45) is 1.95. The van der Waals surface area contributed by atoms with E-state index in [1.165, 1.54) is 30.6 Å². The molecule has 1 aliphatic rings. The summed E-state index contributed by atoms with van der Waals surface area (Å²) in [4.78, 5) is 30.3. The molecule has 0 aliphatic carbocycles. The Morgan fingerprint density at radius 3 is 2.26 bits per heavy atom. The topological polar surface area (TPSA) is 103 Å². The van der Waals surface area contributed by atoms with Crippen LogP contribution in [0.5, 0.6) is 5.75 Å². The molecule has 176 valence electrons. The predicted octanol–water partition coefficient (Wildman–Crippen LogP) is 5.23. The Labute approximate surface area is 205 Å². The molecule has 0 bridgehead atoms. The van der Waals surface area contributed by atoms with Crippen molar-refractivity contribution < 1.29 is 14.5 Å². The monoisotopic (exact) mass is 489 g/mol. The second-order valence-corrected chi connectivity index (χ2v) is 8.51. The normalized spacial score (nSPS) is 17.0. The lowest BCUT2D eigenvalue weighted by molar-refractivity contribution is -0.384. The van der Waals surface area contributed by atoms with Crippen molar-refractivity contribution in [2.75, 3.05) is 12.0 Å². The lowest BCUT2D eigenvalue weighted by atomic mass is 9.91. The number of nitro groups is 1. The molecule has 0 unspecified atom stereocenters. The van der Waals surface area contributed by atoms with Crippen molar-refractivity contribution in [3.8, 4) is 5.75 Å². The number of anilines is 1. The van der Waals surface area contributed by atoms with Gasteiger partial charge >= 0.3 is 0 Å². The van der Waals surface area contributed by atoms with Crippen LogP contribution in [0.15, 0.2) is 79.1 Å². The number of nitrogens with zero attached hydrogens (tertiary/aromatic N) is 5. The lowest BCUT2D eigenvalue weighted by Gasteiger charge is -2.39. The summed E-state index contributed by atoms with van der Waals surface area (Å²) < 4.78 is 7.02. The van der Waals surface area contributed by atoms with Gasteiger partial charge in [0.05, 0.1) is 24.1 Å². The number of fused-ring (bicyclic) bond motifs is 1. The number of carbonyl (C=O) groups is 1. The molecule has 0 spiro atoms. The van der Waals surface area contributed by atoms with E-state index in [2.05, 4.69) is 10.1 Å². The van der Waals surface area contributed by atoms with Crippen LogP contribution in [-0.2, 0) is 0 Å². The van der Waals surface area contributed by atoms with Crippen molar-refractivity contribution in [2.24, 2.45) is 0 Å². The Hall–Kier alpha value is -4.24. The van der Waals surface area contributed by atoms with E-state index in [0.717, 1.165) is 16.9 Å². The SMILES string of the molecule is COc1ccc([C@H]2C[C@@H](c3ccc(Cl)cc3)N(C(=O)c3ccc([N+](=O)[O-])cc3)c3ncnn32)cc1. The van der Waals surface area contributed by atoms with Gasteiger partial charge < -0.3 is 4.74 Å². The minimum atomic E-state index is -0.498. The molecule has 2 atom stereocenters. The van der Waals surface area contributed by atoms with Gasteiger partial charge in [0.2, 0.25) is 5.95 Å². The standard InChI is InChI=1S/C25H20ClN5O4/c1-35-21-12-6-17(7-13-21)23-14-22(16-2-8-19(26)9-3-16)29(25-27-15-28-30(23)25)24(32)18-4-10-20(11-5-18)31(33)34/h2-13,15,22-23H,14H2,1H3/t22-,23+/m0/s1. The Kier molecular flexibility index (Phi) is 5.92. The molecule has 2 heterocycles. The Bertz CT molecular complexity index is 1370. The molecule has 1 aliphatic heterocycles. The predicted molar refractivity (Wildman–Crippen MR) is 130 cm³/mol. The van der Waals surface area contributed by atoms with Gasteiger partial charge in [-0.05, 0) is 53.9 Å². The number of nitro benzene ring substituents is 1. The number of ether oxygens (including phenoxy) is 1. The molecule has 4 aromatic rings. The fourth-order valence-electron chi connectivity index (χ4n) is 4.36. The molecule has 35 heavy (non-hydrogen) atoms. The van der Waals surface area contributed by atoms with Crippen molar-refractivity contribution >= 4 is 29.1 Å². The number of methoxy groups -OCH3 is 1. The number of amides is 1. The van der Waals surface area contributed by atoms with Crippen molar-refractivity contribution in [1.82, 2.24) is 14.8 Å². The van der Waals surface area contributed by atoms with Crippen LogP contribution in [0.4, 0.5) is 11.6 Å². The van der Waals surface area contributed by atoms with E-state index in [1.807, 2.05) is 36.4 Å². The highest BCUT2D eigenvalue weighted by atomic mass is 35.5. The summed E-state index contributed by atoms with van der Waals surface area (Å²) >= 11 is 6.13. The van der Waals surface area contributed by atoms with E-state index < -0.39 is 4.92 Å². The van der Waals surface area contributed by atoms with E-state index in [0.29, 0.717) is 23.0 Å². The second kappa shape index (κ2) is 9.19.